The maximum absolute atomic E-state index is 12.6. The lowest BCUT2D eigenvalue weighted by Crippen LogP contribution is -2.04. The van der Waals surface area contributed by atoms with Crippen molar-refractivity contribution >= 4 is 28.8 Å². The van der Waals surface area contributed by atoms with Crippen LogP contribution in [0.25, 0.3) is 34.2 Å². The molecule has 0 atom stereocenters. The number of hydrogen-bond donors (Lipinski definition) is 0. The Bertz CT molecular complexity index is 1130. The van der Waals surface area contributed by atoms with Crippen molar-refractivity contribution in [2.24, 2.45) is 0 Å². The van der Waals surface area contributed by atoms with Crippen LogP contribution in [0, 0.1) is 0 Å². The van der Waals surface area contributed by atoms with E-state index in [-0.39, 0.29) is 5.78 Å². The Labute approximate surface area is 158 Å². The highest BCUT2D eigenvalue weighted by atomic mass is 16.1. The number of benzene rings is 3. The maximum Gasteiger partial charge on any atom is 0.162 e. The minimum absolute atomic E-state index is 0.0137. The molecule has 0 spiro atoms. The van der Waals surface area contributed by atoms with Gasteiger partial charge in [-0.3, -0.25) is 4.79 Å². The van der Waals surface area contributed by atoms with Crippen molar-refractivity contribution in [1.82, 2.24) is 4.98 Å². The van der Waals surface area contributed by atoms with Crippen molar-refractivity contribution < 1.29 is 4.79 Å². The van der Waals surface area contributed by atoms with Crippen LogP contribution in [0.15, 0.2) is 84.9 Å². The van der Waals surface area contributed by atoms with E-state index in [4.69, 9.17) is 4.98 Å². The molecule has 130 valence electrons. The predicted molar refractivity (Wildman–Crippen MR) is 113 cm³/mol. The highest BCUT2D eigenvalue weighted by Gasteiger charge is 2.18. The van der Waals surface area contributed by atoms with Gasteiger partial charge in [-0.25, -0.2) is 4.98 Å². The van der Waals surface area contributed by atoms with Gasteiger partial charge in [0, 0.05) is 10.9 Å². The first kappa shape index (κ1) is 16.9. The zero-order valence-corrected chi connectivity index (χ0v) is 15.1. The summed E-state index contributed by atoms with van der Waals surface area (Å²) in [6.45, 7) is 1.61. The van der Waals surface area contributed by atoms with Gasteiger partial charge in [-0.15, -0.1) is 0 Å². The third kappa shape index (κ3) is 3.42. The number of carbonyl (C=O) groups excluding carboxylic acids is 1. The third-order valence-corrected chi connectivity index (χ3v) is 4.57. The molecule has 0 radical (unpaired) electrons. The van der Waals surface area contributed by atoms with Gasteiger partial charge in [0.15, 0.2) is 5.78 Å². The first-order valence-corrected chi connectivity index (χ1v) is 8.96. The molecule has 0 saturated carbocycles. The summed E-state index contributed by atoms with van der Waals surface area (Å²) in [6.07, 6.45) is 3.93. The summed E-state index contributed by atoms with van der Waals surface area (Å²) in [5.74, 6) is 0.0137. The summed E-state index contributed by atoms with van der Waals surface area (Å²) in [4.78, 5) is 17.4. The van der Waals surface area contributed by atoms with Crippen LogP contribution in [-0.4, -0.2) is 10.8 Å². The molecule has 0 unspecified atom stereocenters. The van der Waals surface area contributed by atoms with E-state index < -0.39 is 0 Å². The van der Waals surface area contributed by atoms with Gasteiger partial charge in [-0.2, -0.15) is 0 Å². The highest BCUT2D eigenvalue weighted by Crippen LogP contribution is 2.34. The molecule has 4 rings (SSSR count). The molecule has 0 aliphatic carbocycles. The Kier molecular flexibility index (Phi) is 4.63. The van der Waals surface area contributed by atoms with E-state index in [1.54, 1.807) is 6.92 Å². The van der Waals surface area contributed by atoms with Crippen molar-refractivity contribution in [2.45, 2.75) is 6.92 Å². The minimum Gasteiger partial charge on any atom is -0.294 e. The van der Waals surface area contributed by atoms with Crippen LogP contribution in [0.1, 0.15) is 28.5 Å². The smallest absolute Gasteiger partial charge is 0.162 e. The molecular formula is C25H19NO. The van der Waals surface area contributed by atoms with Gasteiger partial charge < -0.3 is 0 Å². The predicted octanol–water partition coefficient (Wildman–Crippen LogP) is 6.27. The van der Waals surface area contributed by atoms with Gasteiger partial charge in [-0.1, -0.05) is 84.9 Å². The van der Waals surface area contributed by atoms with Crippen LogP contribution in [0.5, 0.6) is 0 Å². The van der Waals surface area contributed by atoms with Crippen LogP contribution in [0.3, 0.4) is 0 Å². The number of fused-ring (bicyclic) bond motifs is 1. The second kappa shape index (κ2) is 7.38. The van der Waals surface area contributed by atoms with Gasteiger partial charge in [0.25, 0.3) is 0 Å². The molecule has 0 aliphatic rings. The molecule has 0 fully saturated rings. The van der Waals surface area contributed by atoms with E-state index in [0.29, 0.717) is 11.3 Å². The molecule has 3 aromatic carbocycles. The standard InChI is InChI=1S/C25H19NO/c1-18(27)24-23(17-16-19-10-4-2-5-11-19)26-22-15-9-8-14-21(22)25(24)20-12-6-3-7-13-20/h2-17H,1H3/b17-16+. The fraction of sp³-hybridized carbons (Fsp3) is 0.0400. The summed E-state index contributed by atoms with van der Waals surface area (Å²) in [6, 6.07) is 28.1. The molecule has 2 heteroatoms. The van der Waals surface area contributed by atoms with Crippen molar-refractivity contribution in [3.8, 4) is 11.1 Å². The number of aromatic nitrogens is 1. The molecular weight excluding hydrogens is 330 g/mol. The summed E-state index contributed by atoms with van der Waals surface area (Å²) in [5.41, 5.74) is 5.28. The van der Waals surface area contributed by atoms with Crippen molar-refractivity contribution in [3.63, 3.8) is 0 Å². The van der Waals surface area contributed by atoms with Crippen LogP contribution < -0.4 is 0 Å². The SMILES string of the molecule is CC(=O)c1c(/C=C/c2ccccc2)nc2ccccc2c1-c1ccccc1. The molecule has 0 aliphatic heterocycles. The number of Topliss-reactive ketones (excluding diaryl/α,β-unsaturated/α-hetero) is 1. The van der Waals surface area contributed by atoms with Gasteiger partial charge in [0.1, 0.15) is 0 Å². The van der Waals surface area contributed by atoms with Crippen molar-refractivity contribution in [2.75, 3.05) is 0 Å². The van der Waals surface area contributed by atoms with Crippen LogP contribution in [0.2, 0.25) is 0 Å². The Morgan fingerprint density at radius 2 is 1.41 bits per heavy atom. The Balaban J connectivity index is 2.00. The molecule has 1 aromatic heterocycles. The first-order chi connectivity index (χ1) is 13.2. The number of para-hydroxylation sites is 1. The number of hydrogen-bond acceptors (Lipinski definition) is 2. The van der Waals surface area contributed by atoms with Gasteiger partial charge in [0.05, 0.1) is 16.8 Å². The zero-order chi connectivity index (χ0) is 18.6. The summed E-state index contributed by atoms with van der Waals surface area (Å²) < 4.78 is 0. The number of carbonyl (C=O) groups is 1. The van der Waals surface area contributed by atoms with Gasteiger partial charge in [-0.05, 0) is 30.2 Å². The highest BCUT2D eigenvalue weighted by molar-refractivity contribution is 6.11. The van der Waals surface area contributed by atoms with Gasteiger partial charge >= 0.3 is 0 Å². The maximum atomic E-state index is 12.6. The molecule has 1 heterocycles. The lowest BCUT2D eigenvalue weighted by molar-refractivity contribution is 0.101. The van der Waals surface area contributed by atoms with E-state index in [2.05, 4.69) is 0 Å². The monoisotopic (exact) mass is 349 g/mol. The quantitative estimate of drug-likeness (QED) is 0.406. The molecule has 0 bridgehead atoms. The largest absolute Gasteiger partial charge is 0.294 e. The first-order valence-electron chi connectivity index (χ1n) is 8.96. The van der Waals surface area contributed by atoms with Crippen LogP contribution in [-0.2, 0) is 0 Å². The fourth-order valence-electron chi connectivity index (χ4n) is 3.35. The van der Waals surface area contributed by atoms with Crippen molar-refractivity contribution in [3.05, 3.63) is 102 Å². The average molecular weight is 349 g/mol. The molecule has 4 aromatic rings. The Morgan fingerprint density at radius 3 is 2.11 bits per heavy atom. The lowest BCUT2D eigenvalue weighted by atomic mass is 9.92. The number of ketones is 1. The molecule has 0 saturated heterocycles. The minimum atomic E-state index is 0.0137. The average Bonchev–Trinajstić information content (AvgIpc) is 2.72. The Morgan fingerprint density at radius 1 is 0.778 bits per heavy atom. The molecule has 0 N–H and O–H groups in total. The summed E-state index contributed by atoms with van der Waals surface area (Å²) in [5, 5.41) is 0.991. The lowest BCUT2D eigenvalue weighted by Gasteiger charge is -2.14. The molecule has 27 heavy (non-hydrogen) atoms. The fourth-order valence-corrected chi connectivity index (χ4v) is 3.35. The van der Waals surface area contributed by atoms with E-state index in [0.717, 1.165) is 27.6 Å². The number of nitrogens with zero attached hydrogens (tertiary/aromatic N) is 1. The van der Waals surface area contributed by atoms with E-state index in [1.807, 2.05) is 97.1 Å². The Hall–Kier alpha value is -3.52. The second-order valence-corrected chi connectivity index (χ2v) is 6.43. The van der Waals surface area contributed by atoms with Gasteiger partial charge in [0.2, 0.25) is 0 Å². The normalized spacial score (nSPS) is 11.1. The number of pyridine rings is 1. The summed E-state index contributed by atoms with van der Waals surface area (Å²) in [7, 11) is 0. The number of rotatable bonds is 4. The van der Waals surface area contributed by atoms with E-state index in [9.17, 15) is 4.79 Å². The molecule has 0 amide bonds. The third-order valence-electron chi connectivity index (χ3n) is 4.57. The topological polar surface area (TPSA) is 30.0 Å². The van der Waals surface area contributed by atoms with E-state index >= 15 is 0 Å². The summed E-state index contributed by atoms with van der Waals surface area (Å²) >= 11 is 0. The van der Waals surface area contributed by atoms with Crippen LogP contribution >= 0.6 is 0 Å². The van der Waals surface area contributed by atoms with E-state index in [1.165, 1.54) is 0 Å². The van der Waals surface area contributed by atoms with Crippen molar-refractivity contribution in [1.29, 1.82) is 0 Å². The second-order valence-electron chi connectivity index (χ2n) is 6.43. The molecule has 2 nitrogen and oxygen atoms in total. The van der Waals surface area contributed by atoms with Crippen LogP contribution in [0.4, 0.5) is 0 Å². The zero-order valence-electron chi connectivity index (χ0n) is 15.1.